The van der Waals surface area contributed by atoms with E-state index in [2.05, 4.69) is 18.7 Å². The summed E-state index contributed by atoms with van der Waals surface area (Å²) in [7, 11) is 1.75. The van der Waals surface area contributed by atoms with E-state index >= 15 is 0 Å². The standard InChI is InChI=1S/C10H24N2O/c1-4-12(8-9-13-3)10(2)6-5-7-11/h10H,4-9,11H2,1-3H3. The second-order valence-electron chi connectivity index (χ2n) is 3.40. The number of likely N-dealkylation sites (N-methyl/N-ethyl adjacent to an activating group) is 1. The topological polar surface area (TPSA) is 38.5 Å². The van der Waals surface area contributed by atoms with Crippen LogP contribution in [0.1, 0.15) is 26.7 Å². The zero-order valence-electron chi connectivity index (χ0n) is 9.25. The minimum atomic E-state index is 0.628. The molecule has 0 saturated heterocycles. The summed E-state index contributed by atoms with van der Waals surface area (Å²) in [6.45, 7) is 8.18. The molecule has 0 rings (SSSR count). The zero-order valence-corrected chi connectivity index (χ0v) is 9.25. The van der Waals surface area contributed by atoms with Crippen LogP contribution in [0.25, 0.3) is 0 Å². The van der Waals surface area contributed by atoms with Crippen LogP contribution in [0.2, 0.25) is 0 Å². The number of ether oxygens (including phenoxy) is 1. The van der Waals surface area contributed by atoms with Crippen LogP contribution in [-0.4, -0.2) is 44.3 Å². The van der Waals surface area contributed by atoms with Gasteiger partial charge >= 0.3 is 0 Å². The highest BCUT2D eigenvalue weighted by molar-refractivity contribution is 4.65. The van der Waals surface area contributed by atoms with Gasteiger partial charge in [-0.05, 0) is 32.9 Å². The van der Waals surface area contributed by atoms with Gasteiger partial charge in [0.15, 0.2) is 0 Å². The molecule has 0 amide bonds. The molecule has 0 heterocycles. The SMILES string of the molecule is CCN(CCOC)C(C)CCCN. The van der Waals surface area contributed by atoms with Crippen LogP contribution >= 0.6 is 0 Å². The van der Waals surface area contributed by atoms with Gasteiger partial charge in [0.05, 0.1) is 6.61 Å². The Morgan fingerprint density at radius 3 is 2.62 bits per heavy atom. The van der Waals surface area contributed by atoms with Crippen molar-refractivity contribution >= 4 is 0 Å². The molecule has 1 unspecified atom stereocenters. The summed E-state index contributed by atoms with van der Waals surface area (Å²) in [5.41, 5.74) is 5.48. The first-order valence-electron chi connectivity index (χ1n) is 5.19. The monoisotopic (exact) mass is 188 g/mol. The number of hydrogen-bond acceptors (Lipinski definition) is 3. The van der Waals surface area contributed by atoms with E-state index in [0.717, 1.165) is 32.7 Å². The highest BCUT2D eigenvalue weighted by atomic mass is 16.5. The second kappa shape index (κ2) is 8.48. The van der Waals surface area contributed by atoms with Crippen LogP contribution in [0.4, 0.5) is 0 Å². The van der Waals surface area contributed by atoms with E-state index in [1.807, 2.05) is 0 Å². The van der Waals surface area contributed by atoms with Crippen molar-refractivity contribution < 1.29 is 4.74 Å². The molecule has 0 spiro atoms. The van der Waals surface area contributed by atoms with E-state index in [-0.39, 0.29) is 0 Å². The molecule has 13 heavy (non-hydrogen) atoms. The third kappa shape index (κ3) is 6.02. The average molecular weight is 188 g/mol. The molecule has 0 bridgehead atoms. The van der Waals surface area contributed by atoms with Crippen molar-refractivity contribution in [3.63, 3.8) is 0 Å². The smallest absolute Gasteiger partial charge is 0.0589 e. The van der Waals surface area contributed by atoms with Gasteiger partial charge in [0.25, 0.3) is 0 Å². The van der Waals surface area contributed by atoms with Crippen LogP contribution in [-0.2, 0) is 4.74 Å². The number of rotatable bonds is 8. The molecule has 0 aromatic heterocycles. The van der Waals surface area contributed by atoms with Gasteiger partial charge < -0.3 is 10.5 Å². The Morgan fingerprint density at radius 1 is 1.46 bits per heavy atom. The number of hydrogen-bond donors (Lipinski definition) is 1. The normalized spacial score (nSPS) is 13.6. The molecule has 0 aliphatic heterocycles. The van der Waals surface area contributed by atoms with Crippen LogP contribution in [0.15, 0.2) is 0 Å². The molecule has 0 aliphatic rings. The summed E-state index contributed by atoms with van der Waals surface area (Å²) in [4.78, 5) is 2.43. The Morgan fingerprint density at radius 2 is 2.15 bits per heavy atom. The maximum Gasteiger partial charge on any atom is 0.0589 e. The number of nitrogens with two attached hydrogens (primary N) is 1. The Balaban J connectivity index is 3.63. The van der Waals surface area contributed by atoms with Crippen LogP contribution < -0.4 is 5.73 Å². The first-order valence-corrected chi connectivity index (χ1v) is 5.19. The largest absolute Gasteiger partial charge is 0.383 e. The van der Waals surface area contributed by atoms with Crippen LogP contribution in [0.3, 0.4) is 0 Å². The molecule has 3 heteroatoms. The lowest BCUT2D eigenvalue weighted by molar-refractivity contribution is 0.125. The van der Waals surface area contributed by atoms with E-state index in [0.29, 0.717) is 6.04 Å². The van der Waals surface area contributed by atoms with Gasteiger partial charge in [0.1, 0.15) is 0 Å². The fourth-order valence-electron chi connectivity index (χ4n) is 1.49. The molecule has 1 atom stereocenters. The second-order valence-corrected chi connectivity index (χ2v) is 3.40. The zero-order chi connectivity index (χ0) is 10.1. The van der Waals surface area contributed by atoms with Gasteiger partial charge in [-0.15, -0.1) is 0 Å². The lowest BCUT2D eigenvalue weighted by Crippen LogP contribution is -2.35. The number of methoxy groups -OCH3 is 1. The predicted octanol–water partition coefficient (Wildman–Crippen LogP) is 1.08. The average Bonchev–Trinajstić information content (AvgIpc) is 2.16. The first-order chi connectivity index (χ1) is 6.26. The van der Waals surface area contributed by atoms with Gasteiger partial charge in [0.2, 0.25) is 0 Å². The first kappa shape index (κ1) is 12.9. The number of nitrogens with zero attached hydrogens (tertiary/aromatic N) is 1. The summed E-state index contributed by atoms with van der Waals surface area (Å²) >= 11 is 0. The predicted molar refractivity (Wildman–Crippen MR) is 56.9 cm³/mol. The highest BCUT2D eigenvalue weighted by Crippen LogP contribution is 2.05. The van der Waals surface area contributed by atoms with Crippen molar-refractivity contribution in [3.05, 3.63) is 0 Å². The molecule has 0 aliphatic carbocycles. The molecule has 0 aromatic rings. The summed E-state index contributed by atoms with van der Waals surface area (Å²) < 4.78 is 5.06. The van der Waals surface area contributed by atoms with Crippen LogP contribution in [0, 0.1) is 0 Å². The molecule has 0 saturated carbocycles. The molecule has 0 radical (unpaired) electrons. The third-order valence-corrected chi connectivity index (χ3v) is 2.44. The van der Waals surface area contributed by atoms with Crippen molar-refractivity contribution in [1.82, 2.24) is 4.90 Å². The van der Waals surface area contributed by atoms with Crippen molar-refractivity contribution in [1.29, 1.82) is 0 Å². The lowest BCUT2D eigenvalue weighted by atomic mass is 10.1. The fraction of sp³-hybridized carbons (Fsp3) is 1.00. The highest BCUT2D eigenvalue weighted by Gasteiger charge is 2.10. The molecule has 2 N–H and O–H groups in total. The summed E-state index contributed by atoms with van der Waals surface area (Å²) in [6.07, 6.45) is 2.30. The van der Waals surface area contributed by atoms with Gasteiger partial charge in [-0.1, -0.05) is 6.92 Å². The molecular formula is C10H24N2O. The Kier molecular flexibility index (Phi) is 8.40. The minimum absolute atomic E-state index is 0.628. The van der Waals surface area contributed by atoms with Crippen molar-refractivity contribution in [2.75, 3.05) is 33.4 Å². The summed E-state index contributed by atoms with van der Waals surface area (Å²) in [5, 5.41) is 0. The quantitative estimate of drug-likeness (QED) is 0.619. The molecule has 0 aromatic carbocycles. The van der Waals surface area contributed by atoms with Gasteiger partial charge in [-0.3, -0.25) is 4.90 Å². The van der Waals surface area contributed by atoms with E-state index in [9.17, 15) is 0 Å². The van der Waals surface area contributed by atoms with Gasteiger partial charge in [-0.2, -0.15) is 0 Å². The molecule has 0 fully saturated rings. The van der Waals surface area contributed by atoms with E-state index in [4.69, 9.17) is 10.5 Å². The molecular weight excluding hydrogens is 164 g/mol. The Bertz CT molecular complexity index is 109. The molecule has 80 valence electrons. The Hall–Kier alpha value is -0.120. The minimum Gasteiger partial charge on any atom is -0.383 e. The van der Waals surface area contributed by atoms with Crippen molar-refractivity contribution in [2.24, 2.45) is 5.73 Å². The van der Waals surface area contributed by atoms with Crippen molar-refractivity contribution in [3.8, 4) is 0 Å². The van der Waals surface area contributed by atoms with Gasteiger partial charge in [0, 0.05) is 19.7 Å². The van der Waals surface area contributed by atoms with Crippen LogP contribution in [0.5, 0.6) is 0 Å². The Labute approximate surface area is 82.2 Å². The fourth-order valence-corrected chi connectivity index (χ4v) is 1.49. The van der Waals surface area contributed by atoms with E-state index in [1.54, 1.807) is 7.11 Å². The van der Waals surface area contributed by atoms with Gasteiger partial charge in [-0.25, -0.2) is 0 Å². The maximum atomic E-state index is 5.48. The van der Waals surface area contributed by atoms with E-state index in [1.165, 1.54) is 6.42 Å². The summed E-state index contributed by atoms with van der Waals surface area (Å²) in [5.74, 6) is 0. The maximum absolute atomic E-state index is 5.48. The molecule has 3 nitrogen and oxygen atoms in total. The van der Waals surface area contributed by atoms with Crippen molar-refractivity contribution in [2.45, 2.75) is 32.7 Å². The third-order valence-electron chi connectivity index (χ3n) is 2.44. The lowest BCUT2D eigenvalue weighted by Gasteiger charge is -2.27. The summed E-state index contributed by atoms with van der Waals surface area (Å²) in [6, 6.07) is 0.628. The van der Waals surface area contributed by atoms with E-state index < -0.39 is 0 Å².